The number of cyclic esters (lactones) is 1. The summed E-state index contributed by atoms with van der Waals surface area (Å²) >= 11 is 0. The van der Waals surface area contributed by atoms with Crippen LogP contribution >= 0.6 is 0 Å². The Bertz CT molecular complexity index is 1160. The number of fused-ring (bicyclic) bond motifs is 2. The van der Waals surface area contributed by atoms with Crippen LogP contribution in [0, 0.1) is 17.3 Å². The second kappa shape index (κ2) is 11.0. The van der Waals surface area contributed by atoms with Crippen LogP contribution in [0.2, 0.25) is 0 Å². The monoisotopic (exact) mass is 529 g/mol. The van der Waals surface area contributed by atoms with Crippen LogP contribution in [0.15, 0.2) is 24.5 Å². The van der Waals surface area contributed by atoms with Crippen molar-refractivity contribution in [1.82, 2.24) is 9.55 Å². The van der Waals surface area contributed by atoms with Crippen molar-refractivity contribution < 1.29 is 29.3 Å². The third kappa shape index (κ3) is 5.81. The molecule has 0 amide bonds. The number of rotatable bonds is 3. The van der Waals surface area contributed by atoms with Gasteiger partial charge in [0.2, 0.25) is 0 Å². The molecule has 9 nitrogen and oxygen atoms in total. The van der Waals surface area contributed by atoms with Crippen LogP contribution in [0.4, 0.5) is 0 Å². The van der Waals surface area contributed by atoms with Gasteiger partial charge in [0.05, 0.1) is 53.1 Å². The minimum Gasteiger partial charge on any atom is -0.457 e. The molecule has 2 aromatic rings. The summed E-state index contributed by atoms with van der Waals surface area (Å²) in [5.41, 5.74) is 6.70. The molecule has 38 heavy (non-hydrogen) atoms. The third-order valence-electron chi connectivity index (χ3n) is 8.79. The van der Waals surface area contributed by atoms with Gasteiger partial charge in [0.15, 0.2) is 0 Å². The quantitative estimate of drug-likeness (QED) is 0.406. The molecule has 0 spiro atoms. The van der Waals surface area contributed by atoms with Crippen molar-refractivity contribution in [3.05, 3.63) is 30.1 Å². The fourth-order valence-corrected chi connectivity index (χ4v) is 5.82. The van der Waals surface area contributed by atoms with Gasteiger partial charge in [0, 0.05) is 25.4 Å². The number of nitrogens with zero attached hydrogens (tertiary/aromatic N) is 2. The van der Waals surface area contributed by atoms with E-state index in [0.717, 1.165) is 35.9 Å². The molecule has 4 N–H and O–H groups in total. The molecule has 2 saturated heterocycles. The van der Waals surface area contributed by atoms with E-state index < -0.39 is 35.6 Å². The molecule has 0 radical (unpaired) electrons. The number of hydrogen-bond donors (Lipinski definition) is 3. The number of nitrogens with two attached hydrogens (primary N) is 1. The first-order valence-corrected chi connectivity index (χ1v) is 13.8. The van der Waals surface area contributed by atoms with Crippen LogP contribution in [0.25, 0.3) is 11.0 Å². The summed E-state index contributed by atoms with van der Waals surface area (Å²) in [6.07, 6.45) is 1.56. The Morgan fingerprint density at radius 3 is 2.63 bits per heavy atom. The lowest BCUT2D eigenvalue weighted by atomic mass is 9.73. The van der Waals surface area contributed by atoms with Gasteiger partial charge in [-0.2, -0.15) is 0 Å². The molecule has 2 aliphatic heterocycles. The van der Waals surface area contributed by atoms with Crippen molar-refractivity contribution in [2.24, 2.45) is 23.0 Å². The van der Waals surface area contributed by atoms with Crippen molar-refractivity contribution in [1.29, 1.82) is 0 Å². The van der Waals surface area contributed by atoms with E-state index in [0.29, 0.717) is 19.5 Å². The zero-order valence-electron chi connectivity index (χ0n) is 23.2. The number of epoxide rings is 1. The summed E-state index contributed by atoms with van der Waals surface area (Å²) in [5, 5.41) is 21.8. The van der Waals surface area contributed by atoms with Gasteiger partial charge in [0.1, 0.15) is 11.9 Å². The molecule has 0 aliphatic carbocycles. The number of carbonyl (C=O) groups is 2. The number of aliphatic hydroxyl groups excluding tert-OH is 2. The normalized spacial score (nSPS) is 35.1. The van der Waals surface area contributed by atoms with Crippen molar-refractivity contribution in [3.8, 4) is 0 Å². The number of hydrogen-bond acceptors (Lipinski definition) is 8. The van der Waals surface area contributed by atoms with Crippen molar-refractivity contribution in [2.75, 3.05) is 6.54 Å². The van der Waals surface area contributed by atoms with E-state index in [1.807, 2.05) is 29.7 Å². The van der Waals surface area contributed by atoms with Crippen molar-refractivity contribution in [2.45, 2.75) is 103 Å². The summed E-state index contributed by atoms with van der Waals surface area (Å²) in [7, 11) is 0. The van der Waals surface area contributed by atoms with Gasteiger partial charge in [-0.05, 0) is 43.4 Å². The number of benzene rings is 1. The van der Waals surface area contributed by atoms with E-state index in [4.69, 9.17) is 15.2 Å². The molecule has 7 unspecified atom stereocenters. The Kier molecular flexibility index (Phi) is 8.33. The number of imidazole rings is 1. The van der Waals surface area contributed by atoms with Crippen LogP contribution in [0.3, 0.4) is 0 Å². The zero-order valence-corrected chi connectivity index (χ0v) is 23.2. The molecular weight excluding hydrogens is 486 g/mol. The molecule has 3 heterocycles. The zero-order chi connectivity index (χ0) is 27.8. The standard InChI is InChI=1S/C29H43N3O6/c1-17-7-6-10-29(5)24(38-29)14-22(19-8-9-21-20(13-19)31-16-32(21)12-11-30)37-25(34)15-23(33)28(3,4)27(36)18(2)26(17)35/h8-9,13,16-18,22-24,26,33,35H,6-7,10-12,14-15,30H2,1-5H3. The minimum absolute atomic E-state index is 0.0826. The number of carbonyl (C=O) groups excluding carboxylic acids is 2. The van der Waals surface area contributed by atoms with E-state index in [2.05, 4.69) is 11.9 Å². The molecule has 210 valence electrons. The highest BCUT2D eigenvalue weighted by atomic mass is 16.6. The van der Waals surface area contributed by atoms with Gasteiger partial charge in [0.25, 0.3) is 0 Å². The SMILES string of the molecule is CC1CCCC2(C)OC2CC(c2ccc3c(c2)ncn3CCN)OC(=O)CC(O)C(C)(C)C(=O)C(C)C1O. The molecule has 1 aromatic carbocycles. The number of ketones is 1. The summed E-state index contributed by atoms with van der Waals surface area (Å²) in [6.45, 7) is 10.1. The predicted molar refractivity (Wildman–Crippen MR) is 143 cm³/mol. The second-order valence-corrected chi connectivity index (χ2v) is 12.1. The summed E-state index contributed by atoms with van der Waals surface area (Å²) in [4.78, 5) is 30.9. The average molecular weight is 530 g/mol. The highest BCUT2D eigenvalue weighted by Gasteiger charge is 2.53. The predicted octanol–water partition coefficient (Wildman–Crippen LogP) is 3.29. The molecule has 0 bridgehead atoms. The number of Topliss-reactive ketones (excluding diaryl/α,β-unsaturated/α-hetero) is 1. The number of aliphatic hydroxyl groups is 2. The van der Waals surface area contributed by atoms with Gasteiger partial charge in [-0.15, -0.1) is 0 Å². The lowest BCUT2D eigenvalue weighted by Crippen LogP contribution is -2.45. The topological polar surface area (TPSA) is 140 Å². The molecular formula is C29H43N3O6. The Morgan fingerprint density at radius 1 is 1.18 bits per heavy atom. The van der Waals surface area contributed by atoms with Gasteiger partial charge >= 0.3 is 5.97 Å². The maximum Gasteiger partial charge on any atom is 0.309 e. The van der Waals surface area contributed by atoms with Gasteiger partial charge in [-0.3, -0.25) is 9.59 Å². The Hall–Kier alpha value is -2.33. The molecule has 7 atom stereocenters. The lowest BCUT2D eigenvalue weighted by molar-refractivity contribution is -0.156. The second-order valence-electron chi connectivity index (χ2n) is 12.1. The highest BCUT2D eigenvalue weighted by molar-refractivity contribution is 5.88. The Balaban J connectivity index is 1.61. The van der Waals surface area contributed by atoms with Crippen LogP contribution in [0.1, 0.15) is 78.4 Å². The summed E-state index contributed by atoms with van der Waals surface area (Å²) in [6, 6.07) is 5.81. The molecule has 4 rings (SSSR count). The van der Waals surface area contributed by atoms with E-state index >= 15 is 0 Å². The fraction of sp³-hybridized carbons (Fsp3) is 0.690. The summed E-state index contributed by atoms with van der Waals surface area (Å²) in [5.74, 6) is -1.61. The first-order valence-electron chi connectivity index (χ1n) is 13.8. The minimum atomic E-state index is -1.25. The maximum atomic E-state index is 13.3. The van der Waals surface area contributed by atoms with Gasteiger partial charge < -0.3 is 30.0 Å². The van der Waals surface area contributed by atoms with E-state index in [1.165, 1.54) is 0 Å². The molecule has 2 fully saturated rings. The van der Waals surface area contributed by atoms with Crippen molar-refractivity contribution >= 4 is 22.8 Å². The fourth-order valence-electron chi connectivity index (χ4n) is 5.82. The Labute approximate surface area is 224 Å². The third-order valence-corrected chi connectivity index (χ3v) is 8.79. The van der Waals surface area contributed by atoms with Crippen LogP contribution < -0.4 is 5.73 Å². The Morgan fingerprint density at radius 2 is 1.92 bits per heavy atom. The molecule has 1 aromatic heterocycles. The molecule has 9 heteroatoms. The van der Waals surface area contributed by atoms with E-state index in [9.17, 15) is 19.8 Å². The number of esters is 1. The smallest absolute Gasteiger partial charge is 0.309 e. The van der Waals surface area contributed by atoms with Gasteiger partial charge in [-0.1, -0.05) is 40.2 Å². The van der Waals surface area contributed by atoms with E-state index in [1.54, 1.807) is 27.1 Å². The van der Waals surface area contributed by atoms with Gasteiger partial charge in [-0.25, -0.2) is 4.98 Å². The maximum absolute atomic E-state index is 13.3. The first kappa shape index (κ1) is 28.7. The van der Waals surface area contributed by atoms with Crippen LogP contribution in [-0.4, -0.2) is 62.0 Å². The van der Waals surface area contributed by atoms with Crippen LogP contribution in [-0.2, 0) is 25.6 Å². The first-order chi connectivity index (χ1) is 17.9. The summed E-state index contributed by atoms with van der Waals surface area (Å²) < 4.78 is 14.0. The lowest BCUT2D eigenvalue weighted by Gasteiger charge is -2.34. The van der Waals surface area contributed by atoms with Crippen LogP contribution in [0.5, 0.6) is 0 Å². The van der Waals surface area contributed by atoms with E-state index in [-0.39, 0.29) is 29.8 Å². The number of ether oxygens (including phenoxy) is 2. The largest absolute Gasteiger partial charge is 0.457 e. The number of aromatic nitrogens is 2. The average Bonchev–Trinajstić information content (AvgIpc) is 3.33. The highest BCUT2D eigenvalue weighted by Crippen LogP contribution is 2.46. The molecule has 0 saturated carbocycles. The van der Waals surface area contributed by atoms with Crippen molar-refractivity contribution in [3.63, 3.8) is 0 Å². The molecule has 2 aliphatic rings.